The number of methoxy groups -OCH3 is 1. The molecule has 1 aliphatic rings. The Morgan fingerprint density at radius 2 is 1.88 bits per heavy atom. The van der Waals surface area contributed by atoms with Gasteiger partial charge in [-0.25, -0.2) is 14.8 Å². The highest BCUT2D eigenvalue weighted by Gasteiger charge is 2.21. The average Bonchev–Trinajstić information content (AvgIpc) is 3.41. The molecule has 2 aromatic heterocycles. The summed E-state index contributed by atoms with van der Waals surface area (Å²) in [6.45, 7) is 5.96. The predicted molar refractivity (Wildman–Crippen MR) is 103 cm³/mol. The molecule has 0 unspecified atom stereocenters. The molecule has 3 aromatic rings. The van der Waals surface area contributed by atoms with E-state index in [1.807, 2.05) is 38.4 Å². The predicted octanol–water partition coefficient (Wildman–Crippen LogP) is 4.04. The van der Waals surface area contributed by atoms with Crippen LogP contribution in [0.15, 0.2) is 36.7 Å². The van der Waals surface area contributed by atoms with E-state index < -0.39 is 0 Å². The molecular formula is C20H24N4O2. The second kappa shape index (κ2) is 7.99. The Labute approximate surface area is 153 Å². The molecule has 0 saturated carbocycles. The number of ether oxygens (including phenoxy) is 1. The van der Waals surface area contributed by atoms with Gasteiger partial charge in [0, 0.05) is 31.0 Å². The van der Waals surface area contributed by atoms with Gasteiger partial charge in [-0.15, -0.1) is 0 Å². The van der Waals surface area contributed by atoms with Crippen LogP contribution in [0.5, 0.6) is 0 Å². The van der Waals surface area contributed by atoms with E-state index in [0.29, 0.717) is 11.1 Å². The molecule has 0 radical (unpaired) electrons. The number of aromatic amines is 1. The highest BCUT2D eigenvalue weighted by molar-refractivity contribution is 5.94. The molecule has 3 heterocycles. The fourth-order valence-electron chi connectivity index (χ4n) is 3.10. The summed E-state index contributed by atoms with van der Waals surface area (Å²) >= 11 is 0. The third-order valence-electron chi connectivity index (χ3n) is 4.34. The van der Waals surface area contributed by atoms with E-state index in [1.165, 1.54) is 7.11 Å². The Hall–Kier alpha value is -2.89. The van der Waals surface area contributed by atoms with E-state index in [0.717, 1.165) is 48.5 Å². The second-order valence-corrected chi connectivity index (χ2v) is 5.88. The number of carbonyl (C=O) groups excluding carboxylic acids is 1. The number of nitrogens with zero attached hydrogens (tertiary/aromatic N) is 3. The first-order chi connectivity index (χ1) is 12.8. The molecule has 1 aromatic carbocycles. The SMILES string of the molecule is CC.COC(=O)c1ccc2nc(-c3cc[nH]c3)c(N3CCCC3)nc2c1. The van der Waals surface area contributed by atoms with Crippen molar-refractivity contribution in [2.75, 3.05) is 25.1 Å². The fraction of sp³-hybridized carbons (Fsp3) is 0.350. The topological polar surface area (TPSA) is 71.1 Å². The third kappa shape index (κ3) is 3.40. The van der Waals surface area contributed by atoms with Gasteiger partial charge in [0.05, 0.1) is 23.7 Å². The molecular weight excluding hydrogens is 328 g/mol. The number of fused-ring (bicyclic) bond motifs is 1. The number of hydrogen-bond acceptors (Lipinski definition) is 5. The van der Waals surface area contributed by atoms with E-state index in [9.17, 15) is 4.79 Å². The Bertz CT molecular complexity index is 884. The zero-order chi connectivity index (χ0) is 18.5. The molecule has 1 N–H and O–H groups in total. The van der Waals surface area contributed by atoms with Crippen LogP contribution >= 0.6 is 0 Å². The van der Waals surface area contributed by atoms with E-state index in [2.05, 4.69) is 9.88 Å². The summed E-state index contributed by atoms with van der Waals surface area (Å²) in [5, 5.41) is 0. The summed E-state index contributed by atoms with van der Waals surface area (Å²) in [5.74, 6) is 0.512. The van der Waals surface area contributed by atoms with Crippen LogP contribution in [-0.4, -0.2) is 41.1 Å². The molecule has 0 amide bonds. The summed E-state index contributed by atoms with van der Waals surface area (Å²) in [5.41, 5.74) is 3.85. The van der Waals surface area contributed by atoms with Gasteiger partial charge in [0.15, 0.2) is 5.82 Å². The van der Waals surface area contributed by atoms with Crippen molar-refractivity contribution in [3.05, 3.63) is 42.2 Å². The van der Waals surface area contributed by atoms with Gasteiger partial charge in [-0.05, 0) is 37.1 Å². The molecule has 26 heavy (non-hydrogen) atoms. The molecule has 0 atom stereocenters. The lowest BCUT2D eigenvalue weighted by Crippen LogP contribution is -2.20. The summed E-state index contributed by atoms with van der Waals surface area (Å²) in [4.78, 5) is 26.8. The smallest absolute Gasteiger partial charge is 0.337 e. The van der Waals surface area contributed by atoms with Gasteiger partial charge < -0.3 is 14.6 Å². The van der Waals surface area contributed by atoms with Crippen LogP contribution in [0.4, 0.5) is 5.82 Å². The van der Waals surface area contributed by atoms with Crippen molar-refractivity contribution in [2.24, 2.45) is 0 Å². The molecule has 1 fully saturated rings. The summed E-state index contributed by atoms with van der Waals surface area (Å²) in [6, 6.07) is 7.28. The first-order valence-corrected chi connectivity index (χ1v) is 9.04. The number of anilines is 1. The van der Waals surface area contributed by atoms with E-state index in [-0.39, 0.29) is 5.97 Å². The molecule has 1 aliphatic heterocycles. The summed E-state index contributed by atoms with van der Waals surface area (Å²) in [6.07, 6.45) is 6.14. The first-order valence-electron chi connectivity index (χ1n) is 9.04. The average molecular weight is 352 g/mol. The third-order valence-corrected chi connectivity index (χ3v) is 4.34. The minimum Gasteiger partial charge on any atom is -0.465 e. The largest absolute Gasteiger partial charge is 0.465 e. The van der Waals surface area contributed by atoms with Crippen LogP contribution in [-0.2, 0) is 4.74 Å². The van der Waals surface area contributed by atoms with Crippen LogP contribution in [0.3, 0.4) is 0 Å². The molecule has 0 spiro atoms. The number of nitrogens with one attached hydrogen (secondary N) is 1. The number of esters is 1. The maximum Gasteiger partial charge on any atom is 0.337 e. The van der Waals surface area contributed by atoms with Crippen LogP contribution in [0.2, 0.25) is 0 Å². The van der Waals surface area contributed by atoms with Crippen LogP contribution in [0.25, 0.3) is 22.3 Å². The van der Waals surface area contributed by atoms with Gasteiger partial charge >= 0.3 is 5.97 Å². The van der Waals surface area contributed by atoms with Crippen molar-refractivity contribution in [1.82, 2.24) is 15.0 Å². The standard InChI is InChI=1S/C18H18N4O2.C2H6/c1-24-18(23)12-4-5-14-15(10-12)21-17(22-8-2-3-9-22)16(20-14)13-6-7-19-11-13;1-2/h4-7,10-11,19H,2-3,8-9H2,1H3;1-2H3. The van der Waals surface area contributed by atoms with E-state index in [4.69, 9.17) is 14.7 Å². The number of carbonyl (C=O) groups is 1. The van der Waals surface area contributed by atoms with Crippen LogP contribution in [0, 0.1) is 0 Å². The molecule has 6 nitrogen and oxygen atoms in total. The molecule has 0 bridgehead atoms. The number of hydrogen-bond donors (Lipinski definition) is 1. The first kappa shape index (κ1) is 17.9. The minimum atomic E-state index is -0.365. The molecule has 0 aliphatic carbocycles. The Balaban J connectivity index is 0.000000948. The van der Waals surface area contributed by atoms with Crippen molar-refractivity contribution in [3.8, 4) is 11.3 Å². The highest BCUT2D eigenvalue weighted by Crippen LogP contribution is 2.31. The van der Waals surface area contributed by atoms with Crippen LogP contribution in [0.1, 0.15) is 37.0 Å². The van der Waals surface area contributed by atoms with Crippen molar-refractivity contribution in [2.45, 2.75) is 26.7 Å². The summed E-state index contributed by atoms with van der Waals surface area (Å²) < 4.78 is 4.80. The van der Waals surface area contributed by atoms with Gasteiger partial charge in [-0.2, -0.15) is 0 Å². The summed E-state index contributed by atoms with van der Waals surface area (Å²) in [7, 11) is 1.38. The maximum absolute atomic E-state index is 11.8. The Morgan fingerprint density at radius 1 is 1.12 bits per heavy atom. The lowest BCUT2D eigenvalue weighted by atomic mass is 10.1. The van der Waals surface area contributed by atoms with Gasteiger partial charge in [0.25, 0.3) is 0 Å². The maximum atomic E-state index is 11.8. The van der Waals surface area contributed by atoms with Crippen molar-refractivity contribution in [1.29, 1.82) is 0 Å². The number of aromatic nitrogens is 3. The van der Waals surface area contributed by atoms with E-state index in [1.54, 1.807) is 12.1 Å². The van der Waals surface area contributed by atoms with Gasteiger partial charge in [0.2, 0.25) is 0 Å². The van der Waals surface area contributed by atoms with Crippen molar-refractivity contribution >= 4 is 22.8 Å². The number of H-pyrrole nitrogens is 1. The quantitative estimate of drug-likeness (QED) is 0.720. The van der Waals surface area contributed by atoms with Crippen LogP contribution < -0.4 is 4.90 Å². The number of benzene rings is 1. The van der Waals surface area contributed by atoms with Gasteiger partial charge in [-0.3, -0.25) is 0 Å². The Kier molecular flexibility index (Phi) is 5.51. The molecule has 1 saturated heterocycles. The monoisotopic (exact) mass is 352 g/mol. The zero-order valence-corrected chi connectivity index (χ0v) is 15.5. The lowest BCUT2D eigenvalue weighted by molar-refractivity contribution is 0.0601. The van der Waals surface area contributed by atoms with Gasteiger partial charge in [0.1, 0.15) is 5.69 Å². The number of rotatable bonds is 3. The molecule has 6 heteroatoms. The molecule has 136 valence electrons. The zero-order valence-electron chi connectivity index (χ0n) is 15.5. The van der Waals surface area contributed by atoms with Crippen molar-refractivity contribution in [3.63, 3.8) is 0 Å². The second-order valence-electron chi connectivity index (χ2n) is 5.88. The molecule has 4 rings (SSSR count). The van der Waals surface area contributed by atoms with Gasteiger partial charge in [-0.1, -0.05) is 13.8 Å². The normalized spacial score (nSPS) is 13.4. The van der Waals surface area contributed by atoms with E-state index >= 15 is 0 Å². The van der Waals surface area contributed by atoms with Crippen molar-refractivity contribution < 1.29 is 9.53 Å². The minimum absolute atomic E-state index is 0.365. The highest BCUT2D eigenvalue weighted by atomic mass is 16.5. The fourth-order valence-corrected chi connectivity index (χ4v) is 3.10. The lowest BCUT2D eigenvalue weighted by Gasteiger charge is -2.19. The Morgan fingerprint density at radius 3 is 2.54 bits per heavy atom.